The Morgan fingerprint density at radius 3 is 2.44 bits per heavy atom. The van der Waals surface area contributed by atoms with E-state index in [0.717, 1.165) is 37.4 Å². The standard InChI is InChI=1S/C14H26N4/c1-5-8-11(4)18-14-12(7-3)13(15-9-6-2)16-10-17-14/h10-11H,5-9H2,1-4H3,(H2,15,16,17,18). The van der Waals surface area contributed by atoms with Gasteiger partial charge in [-0.3, -0.25) is 0 Å². The highest BCUT2D eigenvalue weighted by Gasteiger charge is 2.11. The molecule has 0 saturated heterocycles. The summed E-state index contributed by atoms with van der Waals surface area (Å²) in [4.78, 5) is 8.72. The summed E-state index contributed by atoms with van der Waals surface area (Å²) in [5, 5.41) is 6.86. The lowest BCUT2D eigenvalue weighted by Gasteiger charge is -2.18. The molecule has 0 radical (unpaired) electrons. The number of anilines is 2. The number of aromatic nitrogens is 2. The molecule has 1 aromatic rings. The predicted octanol–water partition coefficient (Wildman–Crippen LogP) is 3.46. The number of rotatable bonds is 8. The normalized spacial score (nSPS) is 12.2. The summed E-state index contributed by atoms with van der Waals surface area (Å²) in [5.74, 6) is 1.95. The number of hydrogen-bond donors (Lipinski definition) is 2. The van der Waals surface area contributed by atoms with Crippen LogP contribution in [0.5, 0.6) is 0 Å². The van der Waals surface area contributed by atoms with Crippen molar-refractivity contribution in [3.05, 3.63) is 11.9 Å². The van der Waals surface area contributed by atoms with Gasteiger partial charge >= 0.3 is 0 Å². The first-order valence-electron chi connectivity index (χ1n) is 7.07. The third kappa shape index (κ3) is 4.17. The zero-order chi connectivity index (χ0) is 13.4. The maximum absolute atomic E-state index is 4.38. The average Bonchev–Trinajstić information content (AvgIpc) is 2.36. The van der Waals surface area contributed by atoms with Gasteiger partial charge in [0.15, 0.2) is 0 Å². The lowest BCUT2D eigenvalue weighted by Crippen LogP contribution is -2.18. The zero-order valence-corrected chi connectivity index (χ0v) is 12.1. The Kier molecular flexibility index (Phi) is 6.47. The van der Waals surface area contributed by atoms with Crippen molar-refractivity contribution in [3.8, 4) is 0 Å². The molecule has 1 atom stereocenters. The summed E-state index contributed by atoms with van der Waals surface area (Å²) in [6.07, 6.45) is 6.01. The van der Waals surface area contributed by atoms with Crippen molar-refractivity contribution >= 4 is 11.6 Å². The van der Waals surface area contributed by atoms with Gasteiger partial charge < -0.3 is 10.6 Å². The number of nitrogens with one attached hydrogen (secondary N) is 2. The van der Waals surface area contributed by atoms with Crippen molar-refractivity contribution in [1.29, 1.82) is 0 Å². The van der Waals surface area contributed by atoms with E-state index in [9.17, 15) is 0 Å². The second-order valence-electron chi connectivity index (χ2n) is 4.66. The first-order valence-corrected chi connectivity index (χ1v) is 7.07. The second kappa shape index (κ2) is 7.90. The molecule has 4 heteroatoms. The monoisotopic (exact) mass is 250 g/mol. The minimum absolute atomic E-state index is 0.453. The van der Waals surface area contributed by atoms with E-state index in [2.05, 4.69) is 48.3 Å². The van der Waals surface area contributed by atoms with Gasteiger partial charge in [-0.25, -0.2) is 9.97 Å². The lowest BCUT2D eigenvalue weighted by molar-refractivity contribution is 0.685. The Bertz CT molecular complexity index is 352. The molecule has 102 valence electrons. The summed E-state index contributed by atoms with van der Waals surface area (Å²) < 4.78 is 0. The molecule has 0 aromatic carbocycles. The van der Waals surface area contributed by atoms with Crippen molar-refractivity contribution < 1.29 is 0 Å². The van der Waals surface area contributed by atoms with Crippen LogP contribution in [0.25, 0.3) is 0 Å². The van der Waals surface area contributed by atoms with E-state index in [1.54, 1.807) is 6.33 Å². The van der Waals surface area contributed by atoms with Crippen LogP contribution in [-0.4, -0.2) is 22.6 Å². The van der Waals surface area contributed by atoms with Gasteiger partial charge in [-0.15, -0.1) is 0 Å². The molecule has 1 heterocycles. The fourth-order valence-corrected chi connectivity index (χ4v) is 2.01. The van der Waals surface area contributed by atoms with E-state index in [-0.39, 0.29) is 0 Å². The molecule has 18 heavy (non-hydrogen) atoms. The molecule has 0 aliphatic heterocycles. The molecule has 0 amide bonds. The van der Waals surface area contributed by atoms with Crippen LogP contribution in [0.3, 0.4) is 0 Å². The van der Waals surface area contributed by atoms with E-state index in [4.69, 9.17) is 0 Å². The van der Waals surface area contributed by atoms with Crippen molar-refractivity contribution in [2.75, 3.05) is 17.2 Å². The largest absolute Gasteiger partial charge is 0.370 e. The van der Waals surface area contributed by atoms with E-state index in [1.807, 2.05) is 0 Å². The lowest BCUT2D eigenvalue weighted by atomic mass is 10.1. The molecule has 0 bridgehead atoms. The third-order valence-electron chi connectivity index (χ3n) is 2.95. The topological polar surface area (TPSA) is 49.8 Å². The van der Waals surface area contributed by atoms with Gasteiger partial charge in [0.05, 0.1) is 0 Å². The fourth-order valence-electron chi connectivity index (χ4n) is 2.01. The Labute approximate surface area is 111 Å². The van der Waals surface area contributed by atoms with Crippen molar-refractivity contribution in [3.63, 3.8) is 0 Å². The van der Waals surface area contributed by atoms with Crippen LogP contribution in [0.1, 0.15) is 52.5 Å². The van der Waals surface area contributed by atoms with Crippen LogP contribution in [0.2, 0.25) is 0 Å². The molecule has 1 unspecified atom stereocenters. The van der Waals surface area contributed by atoms with E-state index >= 15 is 0 Å². The van der Waals surface area contributed by atoms with Crippen molar-refractivity contribution in [2.24, 2.45) is 0 Å². The van der Waals surface area contributed by atoms with Crippen LogP contribution in [-0.2, 0) is 6.42 Å². The second-order valence-corrected chi connectivity index (χ2v) is 4.66. The first kappa shape index (κ1) is 14.7. The number of hydrogen-bond acceptors (Lipinski definition) is 4. The van der Waals surface area contributed by atoms with Gasteiger partial charge in [0, 0.05) is 18.2 Å². The third-order valence-corrected chi connectivity index (χ3v) is 2.95. The quantitative estimate of drug-likeness (QED) is 0.742. The molecule has 0 fully saturated rings. The van der Waals surface area contributed by atoms with Gasteiger partial charge in [-0.05, 0) is 26.2 Å². The highest BCUT2D eigenvalue weighted by molar-refractivity contribution is 5.57. The van der Waals surface area contributed by atoms with Crippen LogP contribution in [0, 0.1) is 0 Å². The Morgan fingerprint density at radius 2 is 1.83 bits per heavy atom. The minimum atomic E-state index is 0.453. The summed E-state index contributed by atoms with van der Waals surface area (Å²) in [6.45, 7) is 9.65. The van der Waals surface area contributed by atoms with Crippen LogP contribution in [0.4, 0.5) is 11.6 Å². The maximum Gasteiger partial charge on any atom is 0.134 e. The van der Waals surface area contributed by atoms with E-state index in [0.29, 0.717) is 6.04 Å². The fraction of sp³-hybridized carbons (Fsp3) is 0.714. The molecular weight excluding hydrogens is 224 g/mol. The van der Waals surface area contributed by atoms with Crippen LogP contribution in [0.15, 0.2) is 6.33 Å². The Hall–Kier alpha value is -1.32. The van der Waals surface area contributed by atoms with Crippen molar-refractivity contribution in [1.82, 2.24) is 9.97 Å². The molecule has 0 saturated carbocycles. The average molecular weight is 250 g/mol. The van der Waals surface area contributed by atoms with Gasteiger partial charge in [0.2, 0.25) is 0 Å². The summed E-state index contributed by atoms with van der Waals surface area (Å²) in [7, 11) is 0. The van der Waals surface area contributed by atoms with E-state index in [1.165, 1.54) is 12.0 Å². The minimum Gasteiger partial charge on any atom is -0.370 e. The molecule has 2 N–H and O–H groups in total. The smallest absolute Gasteiger partial charge is 0.134 e. The Balaban J connectivity index is 2.83. The summed E-state index contributed by atoms with van der Waals surface area (Å²) >= 11 is 0. The van der Waals surface area contributed by atoms with Gasteiger partial charge in [0.1, 0.15) is 18.0 Å². The molecule has 0 aliphatic rings. The van der Waals surface area contributed by atoms with Crippen LogP contribution >= 0.6 is 0 Å². The highest BCUT2D eigenvalue weighted by atomic mass is 15.1. The molecular formula is C14H26N4. The first-order chi connectivity index (χ1) is 8.72. The van der Waals surface area contributed by atoms with Gasteiger partial charge in [-0.2, -0.15) is 0 Å². The molecule has 1 rings (SSSR count). The predicted molar refractivity (Wildman–Crippen MR) is 78.2 cm³/mol. The van der Waals surface area contributed by atoms with Gasteiger partial charge in [-0.1, -0.05) is 27.2 Å². The van der Waals surface area contributed by atoms with Crippen LogP contribution < -0.4 is 10.6 Å². The molecule has 1 aromatic heterocycles. The van der Waals surface area contributed by atoms with E-state index < -0.39 is 0 Å². The number of nitrogens with zero attached hydrogens (tertiary/aromatic N) is 2. The summed E-state index contributed by atoms with van der Waals surface area (Å²) in [6, 6.07) is 0.453. The maximum atomic E-state index is 4.38. The summed E-state index contributed by atoms with van der Waals surface area (Å²) in [5.41, 5.74) is 1.19. The molecule has 0 aliphatic carbocycles. The molecule has 4 nitrogen and oxygen atoms in total. The Morgan fingerprint density at radius 1 is 1.11 bits per heavy atom. The zero-order valence-electron chi connectivity index (χ0n) is 12.1. The SMILES string of the molecule is CCCNc1ncnc(NC(C)CCC)c1CC. The van der Waals surface area contributed by atoms with Crippen molar-refractivity contribution in [2.45, 2.75) is 59.4 Å². The molecule has 0 spiro atoms. The highest BCUT2D eigenvalue weighted by Crippen LogP contribution is 2.21. The van der Waals surface area contributed by atoms with Gasteiger partial charge in [0.25, 0.3) is 0 Å².